The van der Waals surface area contributed by atoms with Gasteiger partial charge in [0.1, 0.15) is 0 Å². The van der Waals surface area contributed by atoms with Crippen LogP contribution in [-0.4, -0.2) is 36.0 Å². The number of nitrogens with one attached hydrogen (secondary N) is 1. The maximum Gasteiger partial charge on any atom is 0.269 e. The molecule has 1 aromatic rings. The molecule has 1 aliphatic heterocycles. The fraction of sp³-hybridized carbons (Fsp3) is 0.500. The highest BCUT2D eigenvalue weighted by Crippen LogP contribution is 2.15. The van der Waals surface area contributed by atoms with Crippen molar-refractivity contribution in [3.8, 4) is 0 Å². The third kappa shape index (κ3) is 4.25. The molecular formula is C12H18ClN3O2. The zero-order valence-electron chi connectivity index (χ0n) is 10.2. The predicted molar refractivity (Wildman–Crippen MR) is 73.1 cm³/mol. The van der Waals surface area contributed by atoms with E-state index in [-0.39, 0.29) is 23.0 Å². The number of rotatable bonds is 3. The smallest absolute Gasteiger partial charge is 0.269 e. The van der Waals surface area contributed by atoms with Crippen LogP contribution in [0, 0.1) is 10.1 Å². The molecule has 1 aliphatic rings. The first kappa shape index (κ1) is 14.9. The van der Waals surface area contributed by atoms with Crippen LogP contribution in [0.3, 0.4) is 0 Å². The van der Waals surface area contributed by atoms with Gasteiger partial charge in [0, 0.05) is 31.8 Å². The van der Waals surface area contributed by atoms with Crippen molar-refractivity contribution in [1.29, 1.82) is 0 Å². The monoisotopic (exact) mass is 271 g/mol. The second-order valence-corrected chi connectivity index (χ2v) is 4.31. The first-order valence-electron chi connectivity index (χ1n) is 5.92. The summed E-state index contributed by atoms with van der Waals surface area (Å²) in [6.07, 6.45) is 1.13. The van der Waals surface area contributed by atoms with Crippen LogP contribution in [0.4, 0.5) is 5.69 Å². The summed E-state index contributed by atoms with van der Waals surface area (Å²) in [4.78, 5) is 12.7. The fourth-order valence-corrected chi connectivity index (χ4v) is 2.09. The Bertz CT molecular complexity index is 393. The Morgan fingerprint density at radius 2 is 2.17 bits per heavy atom. The second-order valence-electron chi connectivity index (χ2n) is 4.31. The van der Waals surface area contributed by atoms with Crippen molar-refractivity contribution in [3.05, 3.63) is 39.9 Å². The SMILES string of the molecule is Cl.O=[N+]([O-])c1cccc(CN2CCCNCC2)c1. The first-order chi connectivity index (χ1) is 8.25. The first-order valence-corrected chi connectivity index (χ1v) is 5.92. The lowest BCUT2D eigenvalue weighted by Crippen LogP contribution is -2.27. The van der Waals surface area contributed by atoms with E-state index in [2.05, 4.69) is 10.2 Å². The van der Waals surface area contributed by atoms with Crippen LogP contribution in [0.2, 0.25) is 0 Å². The second kappa shape index (κ2) is 7.31. The van der Waals surface area contributed by atoms with E-state index in [1.165, 1.54) is 6.07 Å². The topological polar surface area (TPSA) is 58.4 Å². The molecule has 1 N–H and O–H groups in total. The summed E-state index contributed by atoms with van der Waals surface area (Å²) >= 11 is 0. The lowest BCUT2D eigenvalue weighted by molar-refractivity contribution is -0.384. The van der Waals surface area contributed by atoms with Crippen molar-refractivity contribution in [1.82, 2.24) is 10.2 Å². The van der Waals surface area contributed by atoms with E-state index in [4.69, 9.17) is 0 Å². The number of nitrogens with zero attached hydrogens (tertiary/aromatic N) is 2. The molecule has 18 heavy (non-hydrogen) atoms. The number of hydrogen-bond donors (Lipinski definition) is 1. The third-order valence-electron chi connectivity index (χ3n) is 2.96. The predicted octanol–water partition coefficient (Wildman–Crippen LogP) is 1.81. The Labute approximate surface area is 113 Å². The molecule has 2 rings (SSSR count). The molecule has 1 fully saturated rings. The van der Waals surface area contributed by atoms with Crippen LogP contribution >= 0.6 is 12.4 Å². The molecule has 0 radical (unpaired) electrons. The zero-order valence-corrected chi connectivity index (χ0v) is 11.0. The highest BCUT2D eigenvalue weighted by Gasteiger charge is 2.11. The van der Waals surface area contributed by atoms with Gasteiger partial charge in [0.05, 0.1) is 4.92 Å². The van der Waals surface area contributed by atoms with E-state index in [1.54, 1.807) is 12.1 Å². The molecule has 0 spiro atoms. The summed E-state index contributed by atoms with van der Waals surface area (Å²) in [5, 5.41) is 14.0. The molecule has 100 valence electrons. The molecule has 0 aromatic heterocycles. The van der Waals surface area contributed by atoms with Crippen molar-refractivity contribution in [2.45, 2.75) is 13.0 Å². The van der Waals surface area contributed by atoms with E-state index in [1.807, 2.05) is 6.07 Å². The minimum Gasteiger partial charge on any atom is -0.315 e. The van der Waals surface area contributed by atoms with Gasteiger partial charge >= 0.3 is 0 Å². The van der Waals surface area contributed by atoms with Gasteiger partial charge in [0.2, 0.25) is 0 Å². The molecule has 0 atom stereocenters. The number of nitro groups is 1. The van der Waals surface area contributed by atoms with Gasteiger partial charge in [-0.05, 0) is 25.1 Å². The van der Waals surface area contributed by atoms with Gasteiger partial charge in [-0.1, -0.05) is 12.1 Å². The molecule has 1 saturated heterocycles. The molecule has 0 saturated carbocycles. The summed E-state index contributed by atoms with van der Waals surface area (Å²) in [6.45, 7) is 4.90. The fourth-order valence-electron chi connectivity index (χ4n) is 2.09. The van der Waals surface area contributed by atoms with Crippen LogP contribution in [-0.2, 0) is 6.54 Å². The molecule has 0 aliphatic carbocycles. The Balaban J connectivity index is 0.00000162. The van der Waals surface area contributed by atoms with Crippen LogP contribution in [0.25, 0.3) is 0 Å². The average molecular weight is 272 g/mol. The van der Waals surface area contributed by atoms with Gasteiger partial charge in [-0.3, -0.25) is 15.0 Å². The highest BCUT2D eigenvalue weighted by atomic mass is 35.5. The lowest BCUT2D eigenvalue weighted by Gasteiger charge is -2.19. The van der Waals surface area contributed by atoms with E-state index >= 15 is 0 Å². The number of halogens is 1. The lowest BCUT2D eigenvalue weighted by atomic mass is 10.2. The molecule has 0 bridgehead atoms. The van der Waals surface area contributed by atoms with Gasteiger partial charge in [-0.2, -0.15) is 0 Å². The van der Waals surface area contributed by atoms with Crippen molar-refractivity contribution in [2.75, 3.05) is 26.2 Å². The molecule has 6 heteroatoms. The van der Waals surface area contributed by atoms with Crippen molar-refractivity contribution in [2.24, 2.45) is 0 Å². The number of non-ortho nitro benzene ring substituents is 1. The van der Waals surface area contributed by atoms with Gasteiger partial charge in [-0.15, -0.1) is 12.4 Å². The number of hydrogen-bond acceptors (Lipinski definition) is 4. The Kier molecular flexibility index (Phi) is 6.04. The standard InChI is InChI=1S/C12H17N3O2.ClH/c16-15(17)12-4-1-3-11(9-12)10-14-7-2-5-13-6-8-14;/h1,3-4,9,13H,2,5-8,10H2;1H. The third-order valence-corrected chi connectivity index (χ3v) is 2.96. The molecule has 1 aromatic carbocycles. The summed E-state index contributed by atoms with van der Waals surface area (Å²) < 4.78 is 0. The van der Waals surface area contributed by atoms with E-state index in [0.717, 1.165) is 44.7 Å². The van der Waals surface area contributed by atoms with Gasteiger partial charge in [0.25, 0.3) is 5.69 Å². The van der Waals surface area contributed by atoms with E-state index < -0.39 is 0 Å². The molecular weight excluding hydrogens is 254 g/mol. The summed E-state index contributed by atoms with van der Waals surface area (Å²) in [6, 6.07) is 6.90. The number of nitro benzene ring substituents is 1. The zero-order chi connectivity index (χ0) is 12.1. The molecule has 5 nitrogen and oxygen atoms in total. The Hall–Kier alpha value is -1.17. The summed E-state index contributed by atoms with van der Waals surface area (Å²) in [5.41, 5.74) is 1.19. The van der Waals surface area contributed by atoms with Gasteiger partial charge < -0.3 is 5.32 Å². The quantitative estimate of drug-likeness (QED) is 0.673. The molecule has 0 unspecified atom stereocenters. The Morgan fingerprint density at radius 3 is 2.94 bits per heavy atom. The van der Waals surface area contributed by atoms with Crippen LogP contribution in [0.15, 0.2) is 24.3 Å². The maximum atomic E-state index is 10.7. The normalized spacial score (nSPS) is 16.7. The summed E-state index contributed by atoms with van der Waals surface area (Å²) in [7, 11) is 0. The largest absolute Gasteiger partial charge is 0.315 e. The van der Waals surface area contributed by atoms with Crippen molar-refractivity contribution >= 4 is 18.1 Å². The molecule has 0 amide bonds. The van der Waals surface area contributed by atoms with Crippen LogP contribution < -0.4 is 5.32 Å². The average Bonchev–Trinajstić information content (AvgIpc) is 2.58. The van der Waals surface area contributed by atoms with Gasteiger partial charge in [-0.25, -0.2) is 0 Å². The minimum absolute atomic E-state index is 0. The van der Waals surface area contributed by atoms with E-state index in [9.17, 15) is 10.1 Å². The van der Waals surface area contributed by atoms with Crippen molar-refractivity contribution in [3.63, 3.8) is 0 Å². The van der Waals surface area contributed by atoms with E-state index in [0.29, 0.717) is 0 Å². The molecule has 1 heterocycles. The summed E-state index contributed by atoms with van der Waals surface area (Å²) in [5.74, 6) is 0. The highest BCUT2D eigenvalue weighted by molar-refractivity contribution is 5.85. The Morgan fingerprint density at radius 1 is 1.33 bits per heavy atom. The van der Waals surface area contributed by atoms with Gasteiger partial charge in [0.15, 0.2) is 0 Å². The van der Waals surface area contributed by atoms with Crippen LogP contribution in [0.1, 0.15) is 12.0 Å². The van der Waals surface area contributed by atoms with Crippen LogP contribution in [0.5, 0.6) is 0 Å². The number of benzene rings is 1. The minimum atomic E-state index is -0.340. The maximum absolute atomic E-state index is 10.7. The van der Waals surface area contributed by atoms with Crippen molar-refractivity contribution < 1.29 is 4.92 Å².